The first-order valence-electron chi connectivity index (χ1n) is 8.01. The molecule has 5 N–H and O–H groups in total. The Morgan fingerprint density at radius 2 is 1.32 bits per heavy atom. The van der Waals surface area contributed by atoms with Crippen LogP contribution in [-0.2, 0) is 0 Å². The van der Waals surface area contributed by atoms with Gasteiger partial charge in [-0.1, -0.05) is 57.8 Å². The molecular weight excluding hydrogens is 236 g/mol. The molecule has 112 valence electrons. The molecule has 4 heteroatoms. The second kappa shape index (κ2) is 10.2. The highest BCUT2D eigenvalue weighted by Gasteiger charge is 2.13. The number of nitrogens with one attached hydrogen (secondary N) is 1. The molecule has 1 saturated carbocycles. The molecule has 19 heavy (non-hydrogen) atoms. The Morgan fingerprint density at radius 3 is 1.74 bits per heavy atom. The van der Waals surface area contributed by atoms with Crippen molar-refractivity contribution in [3.8, 4) is 0 Å². The van der Waals surface area contributed by atoms with Gasteiger partial charge in [0.2, 0.25) is 0 Å². The molecule has 0 atom stereocenters. The fourth-order valence-electron chi connectivity index (χ4n) is 2.85. The van der Waals surface area contributed by atoms with E-state index in [1.54, 1.807) is 0 Å². The molecule has 0 saturated heterocycles. The first-order chi connectivity index (χ1) is 9.20. The number of nitrogens with zero attached hydrogens (tertiary/aromatic N) is 1. The van der Waals surface area contributed by atoms with Gasteiger partial charge >= 0.3 is 0 Å². The zero-order valence-corrected chi connectivity index (χ0v) is 12.5. The van der Waals surface area contributed by atoms with E-state index in [0.717, 1.165) is 5.71 Å². The van der Waals surface area contributed by atoms with Crippen molar-refractivity contribution < 1.29 is 0 Å². The maximum Gasteiger partial charge on any atom is 0.142 e. The van der Waals surface area contributed by atoms with Gasteiger partial charge in [-0.2, -0.15) is 5.10 Å². The predicted octanol–water partition coefficient (Wildman–Crippen LogP) is 3.07. The molecule has 0 aromatic rings. The molecule has 0 aliphatic heterocycles. The van der Waals surface area contributed by atoms with Crippen LogP contribution in [0.1, 0.15) is 77.6 Å². The van der Waals surface area contributed by atoms with Crippen molar-refractivity contribution >= 4 is 5.71 Å². The molecule has 1 fully saturated rings. The zero-order valence-electron chi connectivity index (χ0n) is 12.5. The maximum atomic E-state index is 5.47. The summed E-state index contributed by atoms with van der Waals surface area (Å²) in [4.78, 5) is 0. The summed E-state index contributed by atoms with van der Waals surface area (Å²) in [5.41, 5.74) is 14.9. The highest BCUT2D eigenvalue weighted by Crippen LogP contribution is 2.22. The van der Waals surface area contributed by atoms with Gasteiger partial charge < -0.3 is 0 Å². The Morgan fingerprint density at radius 1 is 0.895 bits per heavy atom. The maximum absolute atomic E-state index is 5.47. The Bertz CT molecular complexity index is 239. The number of hydrogen-bond donors (Lipinski definition) is 3. The van der Waals surface area contributed by atoms with Crippen molar-refractivity contribution in [3.63, 3.8) is 0 Å². The van der Waals surface area contributed by atoms with Crippen molar-refractivity contribution in [2.45, 2.75) is 83.8 Å². The number of rotatable bonds is 3. The first kappa shape index (κ1) is 16.4. The standard InChI is InChI=1S/C15H32N4/c1-13(18-19-15(16)17)14-11-9-7-5-3-2-4-6-8-10-12-14/h14-15,19H,2-12,16-17H2,1H3. The van der Waals surface area contributed by atoms with E-state index in [0.29, 0.717) is 5.92 Å². The molecule has 1 aliphatic carbocycles. The minimum atomic E-state index is -0.554. The van der Waals surface area contributed by atoms with Crippen LogP contribution in [0.15, 0.2) is 5.10 Å². The van der Waals surface area contributed by atoms with Gasteiger partial charge in [0.05, 0.1) is 0 Å². The van der Waals surface area contributed by atoms with Gasteiger partial charge in [-0.15, -0.1) is 0 Å². The third kappa shape index (κ3) is 8.22. The zero-order chi connectivity index (χ0) is 13.9. The van der Waals surface area contributed by atoms with Crippen molar-refractivity contribution in [3.05, 3.63) is 0 Å². The van der Waals surface area contributed by atoms with Crippen LogP contribution < -0.4 is 16.9 Å². The average molecular weight is 268 g/mol. The monoisotopic (exact) mass is 268 g/mol. The summed E-state index contributed by atoms with van der Waals surface area (Å²) < 4.78 is 0. The molecule has 0 aromatic carbocycles. The van der Waals surface area contributed by atoms with Gasteiger partial charge in [-0.3, -0.25) is 16.9 Å². The SMILES string of the molecule is CC(=NNC(N)N)C1CCCCCCCCCCC1. The summed E-state index contributed by atoms with van der Waals surface area (Å²) in [6, 6.07) is 0. The molecular formula is C15H32N4. The van der Waals surface area contributed by atoms with Crippen molar-refractivity contribution in [1.29, 1.82) is 0 Å². The molecule has 0 bridgehead atoms. The molecule has 0 spiro atoms. The van der Waals surface area contributed by atoms with Gasteiger partial charge in [-0.25, -0.2) is 0 Å². The topological polar surface area (TPSA) is 76.4 Å². The molecule has 0 radical (unpaired) electrons. The van der Waals surface area contributed by atoms with Crippen LogP contribution in [-0.4, -0.2) is 12.0 Å². The van der Waals surface area contributed by atoms with E-state index >= 15 is 0 Å². The molecule has 1 rings (SSSR count). The lowest BCUT2D eigenvalue weighted by Gasteiger charge is -2.18. The lowest BCUT2D eigenvalue weighted by atomic mass is 9.90. The van der Waals surface area contributed by atoms with E-state index < -0.39 is 6.29 Å². The van der Waals surface area contributed by atoms with E-state index in [-0.39, 0.29) is 0 Å². The number of nitrogens with two attached hydrogens (primary N) is 2. The summed E-state index contributed by atoms with van der Waals surface area (Å²) in [5, 5.41) is 4.33. The largest absolute Gasteiger partial charge is 0.298 e. The number of hydrazone groups is 1. The first-order valence-corrected chi connectivity index (χ1v) is 8.01. The van der Waals surface area contributed by atoms with Gasteiger partial charge in [0.15, 0.2) is 0 Å². The summed E-state index contributed by atoms with van der Waals surface area (Å²) >= 11 is 0. The average Bonchev–Trinajstić information content (AvgIpc) is 2.36. The summed E-state index contributed by atoms with van der Waals surface area (Å²) in [7, 11) is 0. The molecule has 0 unspecified atom stereocenters. The van der Waals surface area contributed by atoms with Crippen LogP contribution in [0.5, 0.6) is 0 Å². The quantitative estimate of drug-likeness (QED) is 0.418. The second-order valence-electron chi connectivity index (χ2n) is 5.86. The molecule has 1 aliphatic rings. The van der Waals surface area contributed by atoms with Crippen molar-refractivity contribution in [1.82, 2.24) is 5.43 Å². The van der Waals surface area contributed by atoms with E-state index in [4.69, 9.17) is 11.5 Å². The van der Waals surface area contributed by atoms with E-state index in [2.05, 4.69) is 17.5 Å². The predicted molar refractivity (Wildman–Crippen MR) is 82.7 cm³/mol. The third-order valence-electron chi connectivity index (χ3n) is 4.09. The lowest BCUT2D eigenvalue weighted by Crippen LogP contribution is -2.42. The van der Waals surface area contributed by atoms with Gasteiger partial charge in [0.1, 0.15) is 6.29 Å². The fourth-order valence-corrected chi connectivity index (χ4v) is 2.85. The lowest BCUT2D eigenvalue weighted by molar-refractivity contribution is 0.460. The van der Waals surface area contributed by atoms with Crippen LogP contribution in [0, 0.1) is 5.92 Å². The smallest absolute Gasteiger partial charge is 0.142 e. The highest BCUT2D eigenvalue weighted by atomic mass is 15.4. The fraction of sp³-hybridized carbons (Fsp3) is 0.933. The Kier molecular flexibility index (Phi) is 8.84. The molecule has 0 heterocycles. The molecule has 0 amide bonds. The van der Waals surface area contributed by atoms with Gasteiger partial charge in [-0.05, 0) is 25.7 Å². The van der Waals surface area contributed by atoms with Crippen molar-refractivity contribution in [2.24, 2.45) is 22.5 Å². The van der Waals surface area contributed by atoms with E-state index in [1.165, 1.54) is 70.6 Å². The van der Waals surface area contributed by atoms with Crippen LogP contribution in [0.25, 0.3) is 0 Å². The van der Waals surface area contributed by atoms with Crippen molar-refractivity contribution in [2.75, 3.05) is 0 Å². The summed E-state index contributed by atoms with van der Waals surface area (Å²) in [6.45, 7) is 2.10. The van der Waals surface area contributed by atoms with E-state index in [9.17, 15) is 0 Å². The van der Waals surface area contributed by atoms with Crippen LogP contribution in [0.2, 0.25) is 0 Å². The van der Waals surface area contributed by atoms with Crippen LogP contribution in [0.3, 0.4) is 0 Å². The normalized spacial score (nSPS) is 21.8. The number of hydrogen-bond acceptors (Lipinski definition) is 4. The summed E-state index contributed by atoms with van der Waals surface area (Å²) in [5.74, 6) is 0.602. The van der Waals surface area contributed by atoms with E-state index in [1.807, 2.05) is 0 Å². The molecule has 4 nitrogen and oxygen atoms in total. The Hall–Kier alpha value is -0.610. The minimum absolute atomic E-state index is 0.554. The van der Waals surface area contributed by atoms with Crippen LogP contribution >= 0.6 is 0 Å². The summed E-state index contributed by atoms with van der Waals surface area (Å²) in [6.07, 6.45) is 14.4. The third-order valence-corrected chi connectivity index (χ3v) is 4.09. The minimum Gasteiger partial charge on any atom is -0.298 e. The Labute approximate surface area is 118 Å². The van der Waals surface area contributed by atoms with Crippen LogP contribution in [0.4, 0.5) is 0 Å². The van der Waals surface area contributed by atoms with Gasteiger partial charge in [0.25, 0.3) is 0 Å². The molecule has 0 aromatic heterocycles. The van der Waals surface area contributed by atoms with Gasteiger partial charge in [0, 0.05) is 5.71 Å². The second-order valence-corrected chi connectivity index (χ2v) is 5.86. The highest BCUT2D eigenvalue weighted by molar-refractivity contribution is 5.84. The Balaban J connectivity index is 2.43.